The van der Waals surface area contributed by atoms with Crippen molar-refractivity contribution in [3.8, 4) is 11.5 Å². The van der Waals surface area contributed by atoms with Crippen LogP contribution in [0.15, 0.2) is 30.3 Å². The highest BCUT2D eigenvalue weighted by Gasteiger charge is 2.11. The largest absolute Gasteiger partial charge is 0.452 e. The Bertz CT molecular complexity index is 604. The van der Waals surface area contributed by atoms with Crippen molar-refractivity contribution in [2.24, 2.45) is 0 Å². The molecule has 0 atom stereocenters. The average Bonchev–Trinajstić information content (AvgIpc) is 2.30. The van der Waals surface area contributed by atoms with Crippen LogP contribution < -0.4 is 10.5 Å². The Kier molecular flexibility index (Phi) is 3.34. The molecule has 94 valence electrons. The van der Waals surface area contributed by atoms with Crippen LogP contribution in [0.4, 0.5) is 18.9 Å². The Morgan fingerprint density at radius 1 is 0.944 bits per heavy atom. The number of benzene rings is 2. The molecule has 0 aromatic heterocycles. The van der Waals surface area contributed by atoms with E-state index in [-0.39, 0.29) is 22.2 Å². The second-order valence-electron chi connectivity index (χ2n) is 3.48. The molecule has 0 heterocycles. The number of nitrogen functional groups attached to an aromatic ring is 1. The van der Waals surface area contributed by atoms with Gasteiger partial charge < -0.3 is 10.5 Å². The van der Waals surface area contributed by atoms with Gasteiger partial charge in [0.2, 0.25) is 0 Å². The zero-order valence-corrected chi connectivity index (χ0v) is 9.64. The molecule has 2 aromatic carbocycles. The van der Waals surface area contributed by atoms with E-state index in [4.69, 9.17) is 22.1 Å². The Morgan fingerprint density at radius 3 is 2.39 bits per heavy atom. The quantitative estimate of drug-likeness (QED) is 0.835. The molecule has 0 amide bonds. The molecule has 0 saturated heterocycles. The summed E-state index contributed by atoms with van der Waals surface area (Å²) >= 11 is 5.50. The molecular weight excluding hydrogens is 267 g/mol. The zero-order valence-electron chi connectivity index (χ0n) is 8.88. The molecule has 2 rings (SSSR count). The lowest BCUT2D eigenvalue weighted by Gasteiger charge is -2.10. The number of hydrogen-bond donors (Lipinski definition) is 1. The summed E-state index contributed by atoms with van der Waals surface area (Å²) in [6.07, 6.45) is 0. The Balaban J connectivity index is 2.40. The van der Waals surface area contributed by atoms with Gasteiger partial charge in [-0.1, -0.05) is 11.6 Å². The third kappa shape index (κ3) is 2.51. The van der Waals surface area contributed by atoms with Crippen molar-refractivity contribution < 1.29 is 17.9 Å². The Hall–Kier alpha value is -1.88. The fourth-order valence-corrected chi connectivity index (χ4v) is 1.48. The highest BCUT2D eigenvalue weighted by Crippen LogP contribution is 2.33. The lowest BCUT2D eigenvalue weighted by molar-refractivity contribution is 0.435. The van der Waals surface area contributed by atoms with Crippen LogP contribution in [0.25, 0.3) is 0 Å². The molecule has 0 aliphatic heterocycles. The second-order valence-corrected chi connectivity index (χ2v) is 3.89. The summed E-state index contributed by atoms with van der Waals surface area (Å²) in [6, 6.07) is 4.70. The number of rotatable bonds is 2. The fourth-order valence-electron chi connectivity index (χ4n) is 1.31. The molecule has 0 spiro atoms. The first-order chi connectivity index (χ1) is 8.47. The zero-order chi connectivity index (χ0) is 13.3. The molecule has 18 heavy (non-hydrogen) atoms. The summed E-state index contributed by atoms with van der Waals surface area (Å²) in [5.41, 5.74) is 5.55. The van der Waals surface area contributed by atoms with Gasteiger partial charge in [0.25, 0.3) is 0 Å². The average molecular weight is 274 g/mol. The first kappa shape index (κ1) is 12.6. The van der Waals surface area contributed by atoms with E-state index >= 15 is 0 Å². The molecule has 0 aliphatic rings. The molecule has 2 N–H and O–H groups in total. The van der Waals surface area contributed by atoms with Crippen LogP contribution in [0.5, 0.6) is 11.5 Å². The van der Waals surface area contributed by atoms with Crippen molar-refractivity contribution >= 4 is 17.3 Å². The van der Waals surface area contributed by atoms with Crippen molar-refractivity contribution in [1.82, 2.24) is 0 Å². The van der Waals surface area contributed by atoms with Crippen LogP contribution in [0.1, 0.15) is 0 Å². The van der Waals surface area contributed by atoms with Crippen molar-refractivity contribution in [1.29, 1.82) is 0 Å². The van der Waals surface area contributed by atoms with E-state index < -0.39 is 17.5 Å². The number of nitrogens with two attached hydrogens (primary N) is 1. The Morgan fingerprint density at radius 2 is 1.67 bits per heavy atom. The van der Waals surface area contributed by atoms with Gasteiger partial charge in [0.1, 0.15) is 11.6 Å². The summed E-state index contributed by atoms with van der Waals surface area (Å²) in [6.45, 7) is 0. The normalized spacial score (nSPS) is 10.4. The molecule has 6 heteroatoms. The van der Waals surface area contributed by atoms with Gasteiger partial charge in [-0.15, -0.1) is 0 Å². The van der Waals surface area contributed by atoms with E-state index in [1.54, 1.807) is 0 Å². The number of anilines is 1. The van der Waals surface area contributed by atoms with Crippen LogP contribution in [0.3, 0.4) is 0 Å². The first-order valence-electron chi connectivity index (χ1n) is 4.85. The SMILES string of the molecule is Nc1cc(Cl)c(F)cc1Oc1cc(F)ccc1F. The maximum Gasteiger partial charge on any atom is 0.166 e. The highest BCUT2D eigenvalue weighted by atomic mass is 35.5. The lowest BCUT2D eigenvalue weighted by Crippen LogP contribution is -1.96. The molecule has 0 fully saturated rings. The molecule has 0 bridgehead atoms. The van der Waals surface area contributed by atoms with Crippen molar-refractivity contribution in [2.45, 2.75) is 0 Å². The Labute approximate surface area is 106 Å². The minimum Gasteiger partial charge on any atom is -0.452 e. The maximum absolute atomic E-state index is 13.3. The van der Waals surface area contributed by atoms with Gasteiger partial charge >= 0.3 is 0 Å². The summed E-state index contributed by atoms with van der Waals surface area (Å²) in [4.78, 5) is 0. The maximum atomic E-state index is 13.3. The van der Waals surface area contributed by atoms with Gasteiger partial charge in [0, 0.05) is 12.1 Å². The number of ether oxygens (including phenoxy) is 1. The highest BCUT2D eigenvalue weighted by molar-refractivity contribution is 6.31. The molecule has 2 aromatic rings. The molecule has 0 saturated carbocycles. The lowest BCUT2D eigenvalue weighted by atomic mass is 10.2. The number of halogens is 4. The summed E-state index contributed by atoms with van der Waals surface area (Å²) in [7, 11) is 0. The van der Waals surface area contributed by atoms with Gasteiger partial charge in [-0.3, -0.25) is 0 Å². The van der Waals surface area contributed by atoms with Crippen LogP contribution >= 0.6 is 11.6 Å². The van der Waals surface area contributed by atoms with Gasteiger partial charge in [-0.25, -0.2) is 13.2 Å². The second kappa shape index (κ2) is 4.78. The number of hydrogen-bond acceptors (Lipinski definition) is 2. The smallest absolute Gasteiger partial charge is 0.166 e. The minimum atomic E-state index is -0.786. The van der Waals surface area contributed by atoms with E-state index in [0.29, 0.717) is 0 Å². The van der Waals surface area contributed by atoms with Crippen molar-refractivity contribution in [3.05, 3.63) is 52.8 Å². The standard InChI is InChI=1S/C12H7ClF3NO/c13-7-4-10(17)12(5-9(7)16)18-11-3-6(14)1-2-8(11)15/h1-5H,17H2. The third-order valence-electron chi connectivity index (χ3n) is 2.17. The topological polar surface area (TPSA) is 35.2 Å². The summed E-state index contributed by atoms with van der Waals surface area (Å²) in [5.74, 6) is -2.76. The van der Waals surface area contributed by atoms with Crippen LogP contribution in [-0.4, -0.2) is 0 Å². The van der Waals surface area contributed by atoms with Crippen molar-refractivity contribution in [3.63, 3.8) is 0 Å². The predicted octanol–water partition coefficient (Wildman–Crippen LogP) is 4.13. The predicted molar refractivity (Wildman–Crippen MR) is 62.3 cm³/mol. The van der Waals surface area contributed by atoms with Crippen LogP contribution in [0.2, 0.25) is 5.02 Å². The minimum absolute atomic E-state index is 0.0186. The molecule has 0 aliphatic carbocycles. The van der Waals surface area contributed by atoms with Crippen LogP contribution in [-0.2, 0) is 0 Å². The van der Waals surface area contributed by atoms with Gasteiger partial charge in [0.05, 0.1) is 10.7 Å². The molecular formula is C12H7ClF3NO. The van der Waals surface area contributed by atoms with Crippen molar-refractivity contribution in [2.75, 3.05) is 5.73 Å². The van der Waals surface area contributed by atoms with Crippen LogP contribution in [0, 0.1) is 17.5 Å². The molecule has 2 nitrogen and oxygen atoms in total. The molecule has 0 radical (unpaired) electrons. The van der Waals surface area contributed by atoms with Gasteiger partial charge in [-0.05, 0) is 18.2 Å². The monoisotopic (exact) mass is 273 g/mol. The van der Waals surface area contributed by atoms with Gasteiger partial charge in [-0.2, -0.15) is 0 Å². The summed E-state index contributed by atoms with van der Waals surface area (Å²) in [5, 5.41) is -0.181. The van der Waals surface area contributed by atoms with E-state index in [2.05, 4.69) is 0 Å². The van der Waals surface area contributed by atoms with E-state index in [9.17, 15) is 13.2 Å². The van der Waals surface area contributed by atoms with Gasteiger partial charge in [0.15, 0.2) is 17.3 Å². The van der Waals surface area contributed by atoms with E-state index in [1.807, 2.05) is 0 Å². The third-order valence-corrected chi connectivity index (χ3v) is 2.46. The first-order valence-corrected chi connectivity index (χ1v) is 5.22. The van der Waals surface area contributed by atoms with E-state index in [1.165, 1.54) is 0 Å². The fraction of sp³-hybridized carbons (Fsp3) is 0. The molecule has 0 unspecified atom stereocenters. The summed E-state index contributed by atoms with van der Waals surface area (Å²) < 4.78 is 44.5. The van der Waals surface area contributed by atoms with E-state index in [0.717, 1.165) is 30.3 Å².